The van der Waals surface area contributed by atoms with Crippen molar-refractivity contribution in [2.24, 2.45) is 0 Å². The minimum absolute atomic E-state index is 0.0104. The highest BCUT2D eigenvalue weighted by atomic mass is 16.2. The summed E-state index contributed by atoms with van der Waals surface area (Å²) < 4.78 is 0. The van der Waals surface area contributed by atoms with Gasteiger partial charge in [0.15, 0.2) is 5.69 Å². The molecule has 0 spiro atoms. The van der Waals surface area contributed by atoms with Gasteiger partial charge in [-0.15, -0.1) is 0 Å². The van der Waals surface area contributed by atoms with Gasteiger partial charge in [0.05, 0.1) is 11.4 Å². The van der Waals surface area contributed by atoms with Crippen molar-refractivity contribution in [2.45, 2.75) is 64.8 Å². The van der Waals surface area contributed by atoms with Gasteiger partial charge in [0.25, 0.3) is 5.91 Å². The molecule has 1 saturated heterocycles. The van der Waals surface area contributed by atoms with Crippen molar-refractivity contribution < 1.29 is 4.79 Å². The van der Waals surface area contributed by atoms with Crippen LogP contribution in [0.1, 0.15) is 75.0 Å². The van der Waals surface area contributed by atoms with Crippen LogP contribution in [-0.4, -0.2) is 33.6 Å². The number of carbonyl (C=O) groups is 1. The third kappa shape index (κ3) is 2.81. The molecule has 0 saturated carbocycles. The van der Waals surface area contributed by atoms with Gasteiger partial charge in [-0.1, -0.05) is 27.2 Å². The second kappa shape index (κ2) is 6.29. The summed E-state index contributed by atoms with van der Waals surface area (Å²) in [7, 11) is 0. The molecule has 0 aromatic carbocycles. The Morgan fingerprint density at radius 1 is 1.50 bits per heavy atom. The van der Waals surface area contributed by atoms with Crippen molar-refractivity contribution in [2.75, 3.05) is 12.3 Å². The fourth-order valence-electron chi connectivity index (χ4n) is 3.00. The van der Waals surface area contributed by atoms with E-state index in [-0.39, 0.29) is 11.8 Å². The summed E-state index contributed by atoms with van der Waals surface area (Å²) in [6, 6.07) is 0.347. The molecule has 5 nitrogen and oxygen atoms in total. The van der Waals surface area contributed by atoms with Crippen LogP contribution in [0, 0.1) is 0 Å². The van der Waals surface area contributed by atoms with Crippen LogP contribution in [0.4, 0.5) is 5.69 Å². The van der Waals surface area contributed by atoms with Crippen LogP contribution in [0.3, 0.4) is 0 Å². The highest BCUT2D eigenvalue weighted by molar-refractivity contribution is 5.98. The number of rotatable bonds is 4. The lowest BCUT2D eigenvalue weighted by Crippen LogP contribution is -2.44. The van der Waals surface area contributed by atoms with Gasteiger partial charge in [0.1, 0.15) is 0 Å². The fourth-order valence-corrected chi connectivity index (χ4v) is 3.00. The van der Waals surface area contributed by atoms with Gasteiger partial charge in [0, 0.05) is 12.6 Å². The van der Waals surface area contributed by atoms with E-state index < -0.39 is 0 Å². The average Bonchev–Trinajstić information content (AvgIpc) is 2.81. The summed E-state index contributed by atoms with van der Waals surface area (Å²) in [4.78, 5) is 14.7. The third-order valence-corrected chi connectivity index (χ3v) is 4.12. The standard InChI is InChI=1S/C15H26N4O/c1-4-7-11-8-5-6-9-19(11)15(20)14-12(16)13(10(2)3)17-18-14/h10-11H,4-9,16H2,1-3H3,(H,17,18). The van der Waals surface area contributed by atoms with Crippen molar-refractivity contribution in [3.05, 3.63) is 11.4 Å². The number of hydrogen-bond donors (Lipinski definition) is 2. The van der Waals surface area contributed by atoms with Gasteiger partial charge in [0.2, 0.25) is 0 Å². The van der Waals surface area contributed by atoms with E-state index in [4.69, 9.17) is 5.73 Å². The Bertz CT molecular complexity index is 464. The second-order valence-electron chi connectivity index (χ2n) is 5.99. The van der Waals surface area contributed by atoms with Crippen LogP contribution >= 0.6 is 0 Å². The number of nitrogens with one attached hydrogen (secondary N) is 1. The number of anilines is 1. The molecule has 1 aliphatic rings. The molecule has 1 fully saturated rings. The van der Waals surface area contributed by atoms with Gasteiger partial charge in [-0.25, -0.2) is 0 Å². The lowest BCUT2D eigenvalue weighted by molar-refractivity contribution is 0.0595. The fraction of sp³-hybridized carbons (Fsp3) is 0.733. The monoisotopic (exact) mass is 278 g/mol. The van der Waals surface area contributed by atoms with E-state index in [1.165, 1.54) is 6.42 Å². The summed E-state index contributed by atoms with van der Waals surface area (Å²) in [5.74, 6) is 0.237. The van der Waals surface area contributed by atoms with Crippen LogP contribution in [0.2, 0.25) is 0 Å². The Hall–Kier alpha value is -1.52. The summed E-state index contributed by atoms with van der Waals surface area (Å²) >= 11 is 0. The number of aromatic amines is 1. The van der Waals surface area contributed by atoms with E-state index in [0.717, 1.165) is 37.9 Å². The highest BCUT2D eigenvalue weighted by Gasteiger charge is 2.30. The zero-order valence-corrected chi connectivity index (χ0v) is 12.8. The molecule has 1 aromatic rings. The van der Waals surface area contributed by atoms with E-state index >= 15 is 0 Å². The lowest BCUT2D eigenvalue weighted by Gasteiger charge is -2.35. The zero-order chi connectivity index (χ0) is 14.7. The highest BCUT2D eigenvalue weighted by Crippen LogP contribution is 2.27. The number of likely N-dealkylation sites (tertiary alicyclic amines) is 1. The number of nitrogens with zero attached hydrogens (tertiary/aromatic N) is 2. The van der Waals surface area contributed by atoms with E-state index in [2.05, 4.69) is 17.1 Å². The van der Waals surface area contributed by atoms with Crippen LogP contribution in [0.25, 0.3) is 0 Å². The molecule has 0 radical (unpaired) electrons. The first-order valence-corrected chi connectivity index (χ1v) is 7.71. The average molecular weight is 278 g/mol. The van der Waals surface area contributed by atoms with Gasteiger partial charge in [-0.3, -0.25) is 9.89 Å². The van der Waals surface area contributed by atoms with Gasteiger partial charge in [-0.05, 0) is 31.6 Å². The third-order valence-electron chi connectivity index (χ3n) is 4.12. The predicted molar refractivity (Wildman–Crippen MR) is 80.7 cm³/mol. The molecule has 5 heteroatoms. The Balaban J connectivity index is 2.21. The normalized spacial score (nSPS) is 19.6. The van der Waals surface area contributed by atoms with Crippen LogP contribution < -0.4 is 5.73 Å². The molecule has 1 aliphatic heterocycles. The Kier molecular flexibility index (Phi) is 4.68. The summed E-state index contributed by atoms with van der Waals surface area (Å²) in [6.45, 7) is 7.07. The Morgan fingerprint density at radius 2 is 2.25 bits per heavy atom. The first-order valence-electron chi connectivity index (χ1n) is 7.71. The Labute approximate surface area is 120 Å². The first kappa shape index (κ1) is 14.9. The molecule has 0 aliphatic carbocycles. The maximum Gasteiger partial charge on any atom is 0.276 e. The van der Waals surface area contributed by atoms with E-state index in [0.29, 0.717) is 17.4 Å². The number of hydrogen-bond acceptors (Lipinski definition) is 3. The molecule has 20 heavy (non-hydrogen) atoms. The number of nitrogen functional groups attached to an aromatic ring is 1. The van der Waals surface area contributed by atoms with Crippen LogP contribution in [-0.2, 0) is 0 Å². The van der Waals surface area contributed by atoms with Crippen molar-refractivity contribution >= 4 is 11.6 Å². The van der Waals surface area contributed by atoms with E-state index in [1.54, 1.807) is 0 Å². The van der Waals surface area contributed by atoms with E-state index in [9.17, 15) is 4.79 Å². The van der Waals surface area contributed by atoms with Gasteiger partial charge >= 0.3 is 0 Å². The summed E-state index contributed by atoms with van der Waals surface area (Å²) in [5, 5.41) is 7.08. The van der Waals surface area contributed by atoms with Crippen molar-refractivity contribution in [1.82, 2.24) is 15.1 Å². The minimum atomic E-state index is -0.0104. The SMILES string of the molecule is CCCC1CCCCN1C(=O)c1n[nH]c(C(C)C)c1N. The molecule has 1 atom stereocenters. The van der Waals surface area contributed by atoms with Gasteiger partial charge < -0.3 is 10.6 Å². The van der Waals surface area contributed by atoms with Crippen LogP contribution in [0.5, 0.6) is 0 Å². The molecule has 1 aromatic heterocycles. The maximum absolute atomic E-state index is 12.7. The number of carbonyl (C=O) groups excluding carboxylic acids is 1. The molecular weight excluding hydrogens is 252 g/mol. The summed E-state index contributed by atoms with van der Waals surface area (Å²) in [6.07, 6.45) is 5.55. The predicted octanol–water partition coefficient (Wildman–Crippen LogP) is 2.91. The molecule has 0 bridgehead atoms. The summed E-state index contributed by atoms with van der Waals surface area (Å²) in [5.41, 5.74) is 7.87. The number of amides is 1. The quantitative estimate of drug-likeness (QED) is 0.889. The lowest BCUT2D eigenvalue weighted by atomic mass is 9.97. The largest absolute Gasteiger partial charge is 0.395 e. The number of piperidine rings is 1. The molecule has 3 N–H and O–H groups in total. The molecule has 112 valence electrons. The van der Waals surface area contributed by atoms with Crippen LogP contribution in [0.15, 0.2) is 0 Å². The molecule has 1 amide bonds. The maximum atomic E-state index is 12.7. The van der Waals surface area contributed by atoms with E-state index in [1.807, 2.05) is 18.7 Å². The van der Waals surface area contributed by atoms with Crippen molar-refractivity contribution in [3.8, 4) is 0 Å². The smallest absolute Gasteiger partial charge is 0.276 e. The topological polar surface area (TPSA) is 75.0 Å². The second-order valence-corrected chi connectivity index (χ2v) is 5.99. The first-order chi connectivity index (χ1) is 9.56. The Morgan fingerprint density at radius 3 is 2.85 bits per heavy atom. The molecular formula is C15H26N4O. The molecule has 1 unspecified atom stereocenters. The van der Waals surface area contributed by atoms with Crippen molar-refractivity contribution in [3.63, 3.8) is 0 Å². The molecule has 2 heterocycles. The zero-order valence-electron chi connectivity index (χ0n) is 12.8. The number of H-pyrrole nitrogens is 1. The minimum Gasteiger partial charge on any atom is -0.395 e. The van der Waals surface area contributed by atoms with Gasteiger partial charge in [-0.2, -0.15) is 5.10 Å². The molecule has 2 rings (SSSR count). The number of nitrogens with two attached hydrogens (primary N) is 1. The number of aromatic nitrogens is 2. The van der Waals surface area contributed by atoms with Crippen molar-refractivity contribution in [1.29, 1.82) is 0 Å².